The van der Waals surface area contributed by atoms with Crippen molar-refractivity contribution in [1.29, 1.82) is 0 Å². The van der Waals surface area contributed by atoms with E-state index in [0.717, 1.165) is 29.4 Å². The molecule has 1 rings (SSSR count). The lowest BCUT2D eigenvalue weighted by atomic mass is 10.0. The lowest BCUT2D eigenvalue weighted by Crippen LogP contribution is -2.24. The van der Waals surface area contributed by atoms with Gasteiger partial charge in [-0.3, -0.25) is 4.68 Å². The first-order valence-corrected chi connectivity index (χ1v) is 8.35. The van der Waals surface area contributed by atoms with Crippen molar-refractivity contribution < 1.29 is 0 Å². The quantitative estimate of drug-likeness (QED) is 0.696. The molecule has 19 heavy (non-hydrogen) atoms. The molecule has 0 spiro atoms. The Morgan fingerprint density at radius 1 is 1.21 bits per heavy atom. The van der Waals surface area contributed by atoms with Crippen LogP contribution in [0.15, 0.2) is 4.47 Å². The van der Waals surface area contributed by atoms with Gasteiger partial charge >= 0.3 is 0 Å². The molecular formula is C15H28BrN3. The number of nitrogens with zero attached hydrogens (tertiary/aromatic N) is 2. The SMILES string of the molecule is CCCCCCCC(N)Cc1c(Br)c(CC)nn1C. The van der Waals surface area contributed by atoms with E-state index in [1.54, 1.807) is 0 Å². The number of nitrogens with two attached hydrogens (primary N) is 1. The van der Waals surface area contributed by atoms with E-state index in [9.17, 15) is 0 Å². The highest BCUT2D eigenvalue weighted by Crippen LogP contribution is 2.23. The van der Waals surface area contributed by atoms with Crippen LogP contribution in [0.3, 0.4) is 0 Å². The first-order valence-electron chi connectivity index (χ1n) is 7.55. The minimum atomic E-state index is 0.248. The van der Waals surface area contributed by atoms with E-state index in [4.69, 9.17) is 5.73 Å². The van der Waals surface area contributed by atoms with Gasteiger partial charge in [-0.2, -0.15) is 5.10 Å². The molecule has 0 saturated heterocycles. The summed E-state index contributed by atoms with van der Waals surface area (Å²) in [6, 6.07) is 0.248. The summed E-state index contributed by atoms with van der Waals surface area (Å²) in [5.41, 5.74) is 8.61. The largest absolute Gasteiger partial charge is 0.327 e. The maximum Gasteiger partial charge on any atom is 0.0766 e. The molecule has 1 atom stereocenters. The molecule has 0 fully saturated rings. The average Bonchev–Trinajstić information content (AvgIpc) is 2.66. The van der Waals surface area contributed by atoms with E-state index in [1.807, 2.05) is 11.7 Å². The Kier molecular flexibility index (Phi) is 7.69. The first-order chi connectivity index (χ1) is 9.10. The molecule has 0 radical (unpaired) electrons. The number of aryl methyl sites for hydroxylation is 2. The van der Waals surface area contributed by atoms with E-state index in [0.29, 0.717) is 0 Å². The van der Waals surface area contributed by atoms with Crippen LogP contribution in [0.2, 0.25) is 0 Å². The third-order valence-corrected chi connectivity index (χ3v) is 4.55. The zero-order valence-electron chi connectivity index (χ0n) is 12.6. The summed E-state index contributed by atoms with van der Waals surface area (Å²) in [4.78, 5) is 0. The molecule has 0 aromatic carbocycles. The maximum absolute atomic E-state index is 6.25. The average molecular weight is 330 g/mol. The minimum Gasteiger partial charge on any atom is -0.327 e. The lowest BCUT2D eigenvalue weighted by Gasteiger charge is -2.12. The van der Waals surface area contributed by atoms with Crippen molar-refractivity contribution in [2.24, 2.45) is 12.8 Å². The lowest BCUT2D eigenvalue weighted by molar-refractivity contribution is 0.525. The Hall–Kier alpha value is -0.350. The Bertz CT molecular complexity index is 374. The second-order valence-corrected chi connectivity index (χ2v) is 6.14. The predicted octanol–water partition coefficient (Wildman–Crippen LogP) is 3.98. The van der Waals surface area contributed by atoms with Crippen molar-refractivity contribution in [2.45, 2.75) is 71.3 Å². The Morgan fingerprint density at radius 2 is 1.89 bits per heavy atom. The number of aromatic nitrogens is 2. The van der Waals surface area contributed by atoms with Crippen molar-refractivity contribution in [2.75, 3.05) is 0 Å². The first kappa shape index (κ1) is 16.7. The summed E-state index contributed by atoms with van der Waals surface area (Å²) in [5, 5.41) is 4.52. The van der Waals surface area contributed by atoms with E-state index in [1.165, 1.54) is 37.8 Å². The molecule has 2 N–H and O–H groups in total. The molecule has 0 bridgehead atoms. The smallest absolute Gasteiger partial charge is 0.0766 e. The van der Waals surface area contributed by atoms with Gasteiger partial charge in [0.2, 0.25) is 0 Å². The van der Waals surface area contributed by atoms with Crippen molar-refractivity contribution >= 4 is 15.9 Å². The second kappa shape index (κ2) is 8.75. The van der Waals surface area contributed by atoms with Gasteiger partial charge in [0.1, 0.15) is 0 Å². The van der Waals surface area contributed by atoms with Crippen LogP contribution in [0, 0.1) is 0 Å². The van der Waals surface area contributed by atoms with Crippen molar-refractivity contribution in [1.82, 2.24) is 9.78 Å². The summed E-state index contributed by atoms with van der Waals surface area (Å²) in [7, 11) is 2.01. The van der Waals surface area contributed by atoms with Gasteiger partial charge < -0.3 is 5.73 Å². The van der Waals surface area contributed by atoms with Crippen LogP contribution in [0.1, 0.15) is 63.8 Å². The van der Waals surface area contributed by atoms with Crippen molar-refractivity contribution in [3.8, 4) is 0 Å². The van der Waals surface area contributed by atoms with Gasteiger partial charge in [0, 0.05) is 19.5 Å². The van der Waals surface area contributed by atoms with Crippen LogP contribution in [0.5, 0.6) is 0 Å². The standard InChI is InChI=1S/C15H28BrN3/c1-4-6-7-8-9-10-12(17)11-14-15(16)13(5-2)18-19(14)3/h12H,4-11,17H2,1-3H3. The highest BCUT2D eigenvalue weighted by atomic mass is 79.9. The number of halogens is 1. The Balaban J connectivity index is 2.39. The zero-order chi connectivity index (χ0) is 14.3. The summed E-state index contributed by atoms with van der Waals surface area (Å²) in [6.45, 7) is 4.38. The molecule has 110 valence electrons. The molecule has 1 aromatic rings. The predicted molar refractivity (Wildman–Crippen MR) is 85.3 cm³/mol. The van der Waals surface area contributed by atoms with Crippen molar-refractivity contribution in [3.05, 3.63) is 15.9 Å². The highest BCUT2D eigenvalue weighted by molar-refractivity contribution is 9.10. The molecule has 1 aromatic heterocycles. The molecule has 3 nitrogen and oxygen atoms in total. The number of rotatable bonds is 9. The fraction of sp³-hybridized carbons (Fsp3) is 0.800. The second-order valence-electron chi connectivity index (χ2n) is 5.35. The number of hydrogen-bond acceptors (Lipinski definition) is 2. The van der Waals surface area contributed by atoms with E-state index in [2.05, 4.69) is 34.9 Å². The molecule has 0 aliphatic rings. The van der Waals surface area contributed by atoms with E-state index in [-0.39, 0.29) is 6.04 Å². The van der Waals surface area contributed by atoms with Crippen LogP contribution in [0.25, 0.3) is 0 Å². The third kappa shape index (κ3) is 5.27. The number of unbranched alkanes of at least 4 members (excludes halogenated alkanes) is 4. The van der Waals surface area contributed by atoms with Crippen molar-refractivity contribution in [3.63, 3.8) is 0 Å². The van der Waals surface area contributed by atoms with Gasteiger partial charge in [0.05, 0.1) is 15.9 Å². The van der Waals surface area contributed by atoms with Gasteiger partial charge in [-0.05, 0) is 28.8 Å². The molecule has 1 unspecified atom stereocenters. The topological polar surface area (TPSA) is 43.8 Å². The molecule has 0 amide bonds. The summed E-state index contributed by atoms with van der Waals surface area (Å²) in [6.07, 6.45) is 9.54. The zero-order valence-corrected chi connectivity index (χ0v) is 14.2. The molecule has 0 aliphatic heterocycles. The molecule has 0 aliphatic carbocycles. The normalized spacial score (nSPS) is 12.9. The van der Waals surface area contributed by atoms with Gasteiger partial charge in [0.25, 0.3) is 0 Å². The van der Waals surface area contributed by atoms with Crippen LogP contribution in [-0.2, 0) is 19.9 Å². The van der Waals surface area contributed by atoms with E-state index < -0.39 is 0 Å². The number of hydrogen-bond donors (Lipinski definition) is 1. The van der Waals surface area contributed by atoms with Gasteiger partial charge in [-0.25, -0.2) is 0 Å². The van der Waals surface area contributed by atoms with Gasteiger partial charge in [-0.15, -0.1) is 0 Å². The highest BCUT2D eigenvalue weighted by Gasteiger charge is 2.15. The molecule has 0 saturated carbocycles. The third-order valence-electron chi connectivity index (χ3n) is 3.64. The van der Waals surface area contributed by atoms with Crippen LogP contribution < -0.4 is 5.73 Å². The van der Waals surface area contributed by atoms with E-state index >= 15 is 0 Å². The Labute approximate surface area is 126 Å². The maximum atomic E-state index is 6.25. The molecule has 1 heterocycles. The Morgan fingerprint density at radius 3 is 2.47 bits per heavy atom. The van der Waals surface area contributed by atoms with Gasteiger partial charge in [0.15, 0.2) is 0 Å². The summed E-state index contributed by atoms with van der Waals surface area (Å²) in [5.74, 6) is 0. The van der Waals surface area contributed by atoms with Crippen LogP contribution >= 0.6 is 15.9 Å². The summed E-state index contributed by atoms with van der Waals surface area (Å²) >= 11 is 3.65. The summed E-state index contributed by atoms with van der Waals surface area (Å²) < 4.78 is 3.12. The molecular weight excluding hydrogens is 302 g/mol. The van der Waals surface area contributed by atoms with Gasteiger partial charge in [-0.1, -0.05) is 46.0 Å². The molecule has 4 heteroatoms. The fourth-order valence-electron chi connectivity index (χ4n) is 2.40. The van der Waals surface area contributed by atoms with Crippen LogP contribution in [-0.4, -0.2) is 15.8 Å². The monoisotopic (exact) mass is 329 g/mol. The van der Waals surface area contributed by atoms with Crippen LogP contribution in [0.4, 0.5) is 0 Å². The fourth-order valence-corrected chi connectivity index (χ4v) is 3.18. The minimum absolute atomic E-state index is 0.248.